The van der Waals surface area contributed by atoms with E-state index in [2.05, 4.69) is 17.2 Å². The van der Waals surface area contributed by atoms with E-state index in [1.807, 2.05) is 42.5 Å². The number of piperidine rings is 1. The number of halogens is 1. The largest absolute Gasteiger partial charge is 0.352 e. The number of carbonyl (C=O) groups is 1. The van der Waals surface area contributed by atoms with Gasteiger partial charge >= 0.3 is 0 Å². The summed E-state index contributed by atoms with van der Waals surface area (Å²) in [4.78, 5) is 22.7. The molecule has 4 aromatic rings. The number of amides is 1. The lowest BCUT2D eigenvalue weighted by molar-refractivity contribution is 0.0955. The first-order chi connectivity index (χ1) is 18.3. The Kier molecular flexibility index (Phi) is 7.74. The lowest BCUT2D eigenvalue weighted by Gasteiger charge is -2.29. The van der Waals surface area contributed by atoms with E-state index in [0.29, 0.717) is 64.8 Å². The van der Waals surface area contributed by atoms with Crippen LogP contribution < -0.4 is 5.32 Å². The average molecular weight is 549 g/mol. The zero-order chi connectivity index (χ0) is 26.7. The summed E-state index contributed by atoms with van der Waals surface area (Å²) in [6, 6.07) is 19.5. The van der Waals surface area contributed by atoms with Crippen molar-refractivity contribution in [3.05, 3.63) is 89.1 Å². The van der Waals surface area contributed by atoms with Gasteiger partial charge in [0.15, 0.2) is 0 Å². The Hall–Kier alpha value is -3.33. The van der Waals surface area contributed by atoms with Crippen LogP contribution in [0.5, 0.6) is 0 Å². The number of carbonyl (C=O) groups excluding carboxylic acids is 1. The second-order valence-corrected chi connectivity index (χ2v) is 12.0. The number of benzene rings is 2. The van der Waals surface area contributed by atoms with Crippen LogP contribution in [0.1, 0.15) is 35.7 Å². The van der Waals surface area contributed by atoms with Crippen LogP contribution >= 0.6 is 11.6 Å². The van der Waals surface area contributed by atoms with Crippen LogP contribution in [0, 0.1) is 5.92 Å². The molecular weight excluding hydrogens is 520 g/mol. The number of nitrogens with one attached hydrogen (secondary N) is 1. The molecule has 0 bridgehead atoms. The standard InChI is InChI=1S/C29H29ClN4O3S/c1-20-12-16-34(17-13-20)38(36,37)23-9-10-26-24(18-23)25(19-28(33-26)27-4-2-3-14-31-27)29(35)32-15-11-21-5-7-22(30)8-6-21/h2-10,14,18-20H,11-13,15-17H2,1H3,(H,32,35). The number of rotatable bonds is 7. The van der Waals surface area contributed by atoms with Gasteiger partial charge in [-0.1, -0.05) is 36.7 Å². The number of pyridine rings is 2. The van der Waals surface area contributed by atoms with E-state index in [-0.39, 0.29) is 10.8 Å². The summed E-state index contributed by atoms with van der Waals surface area (Å²) in [7, 11) is -3.69. The van der Waals surface area contributed by atoms with Crippen molar-refractivity contribution in [1.82, 2.24) is 19.6 Å². The Morgan fingerprint density at radius 2 is 1.79 bits per heavy atom. The highest BCUT2D eigenvalue weighted by molar-refractivity contribution is 7.89. The first kappa shape index (κ1) is 26.3. The van der Waals surface area contributed by atoms with E-state index in [9.17, 15) is 13.2 Å². The topological polar surface area (TPSA) is 92.3 Å². The van der Waals surface area contributed by atoms with Gasteiger partial charge in [0, 0.05) is 36.2 Å². The van der Waals surface area contributed by atoms with Gasteiger partial charge < -0.3 is 5.32 Å². The molecule has 0 aliphatic carbocycles. The summed E-state index contributed by atoms with van der Waals surface area (Å²) in [5.74, 6) is 0.209. The third kappa shape index (κ3) is 5.72. The first-order valence-electron chi connectivity index (χ1n) is 12.7. The number of nitrogens with zero attached hydrogens (tertiary/aromatic N) is 3. The van der Waals surface area contributed by atoms with Gasteiger partial charge in [-0.25, -0.2) is 13.4 Å². The number of hydrogen-bond acceptors (Lipinski definition) is 5. The van der Waals surface area contributed by atoms with Crippen molar-refractivity contribution >= 4 is 38.4 Å². The molecule has 3 heterocycles. The Morgan fingerprint density at radius 3 is 2.50 bits per heavy atom. The lowest BCUT2D eigenvalue weighted by Crippen LogP contribution is -2.37. The quantitative estimate of drug-likeness (QED) is 0.336. The van der Waals surface area contributed by atoms with Gasteiger partial charge in [0.2, 0.25) is 10.0 Å². The highest BCUT2D eigenvalue weighted by Crippen LogP contribution is 2.29. The summed E-state index contributed by atoms with van der Waals surface area (Å²) < 4.78 is 28.4. The van der Waals surface area contributed by atoms with Crippen molar-refractivity contribution in [1.29, 1.82) is 0 Å². The van der Waals surface area contributed by atoms with E-state index in [1.165, 1.54) is 4.31 Å². The third-order valence-electron chi connectivity index (χ3n) is 6.94. The molecular formula is C29H29ClN4O3S. The number of fused-ring (bicyclic) bond motifs is 1. The SMILES string of the molecule is CC1CCN(S(=O)(=O)c2ccc3nc(-c4ccccn4)cc(C(=O)NCCc4ccc(Cl)cc4)c3c2)CC1. The van der Waals surface area contributed by atoms with Crippen molar-refractivity contribution in [2.24, 2.45) is 5.92 Å². The summed E-state index contributed by atoms with van der Waals surface area (Å²) in [6.07, 6.45) is 3.97. The molecule has 0 unspecified atom stereocenters. The van der Waals surface area contributed by atoms with Crippen molar-refractivity contribution in [3.63, 3.8) is 0 Å². The molecule has 1 saturated heterocycles. The van der Waals surface area contributed by atoms with Gasteiger partial charge in [0.05, 0.1) is 27.4 Å². The molecule has 2 aromatic heterocycles. The minimum absolute atomic E-state index is 0.169. The van der Waals surface area contributed by atoms with Crippen molar-refractivity contribution < 1.29 is 13.2 Å². The molecule has 7 nitrogen and oxygen atoms in total. The van der Waals surface area contributed by atoms with E-state index >= 15 is 0 Å². The van der Waals surface area contributed by atoms with E-state index < -0.39 is 10.0 Å². The Balaban J connectivity index is 1.49. The molecule has 0 saturated carbocycles. The molecule has 1 amide bonds. The van der Waals surface area contributed by atoms with Crippen LogP contribution in [-0.4, -0.2) is 48.2 Å². The van der Waals surface area contributed by atoms with Gasteiger partial charge in [-0.15, -0.1) is 0 Å². The monoisotopic (exact) mass is 548 g/mol. The first-order valence-corrected chi connectivity index (χ1v) is 14.5. The Bertz CT molecular complexity index is 1550. The third-order valence-corrected chi connectivity index (χ3v) is 9.09. The zero-order valence-electron chi connectivity index (χ0n) is 21.1. The second kappa shape index (κ2) is 11.2. The number of hydrogen-bond donors (Lipinski definition) is 1. The smallest absolute Gasteiger partial charge is 0.252 e. The van der Waals surface area contributed by atoms with E-state index in [1.54, 1.807) is 30.5 Å². The Labute approximate surface area is 227 Å². The molecule has 1 N–H and O–H groups in total. The van der Waals surface area contributed by atoms with Gasteiger partial charge in [-0.3, -0.25) is 9.78 Å². The minimum Gasteiger partial charge on any atom is -0.352 e. The molecule has 0 atom stereocenters. The fraction of sp³-hybridized carbons (Fsp3) is 0.276. The van der Waals surface area contributed by atoms with Gasteiger partial charge in [-0.05, 0) is 79.3 Å². The average Bonchev–Trinajstić information content (AvgIpc) is 2.94. The zero-order valence-corrected chi connectivity index (χ0v) is 22.7. The molecule has 0 radical (unpaired) electrons. The molecule has 1 fully saturated rings. The van der Waals surface area contributed by atoms with Crippen molar-refractivity contribution in [2.45, 2.75) is 31.1 Å². The molecule has 9 heteroatoms. The maximum absolute atomic E-state index is 13.4. The highest BCUT2D eigenvalue weighted by atomic mass is 35.5. The van der Waals surface area contributed by atoms with Crippen molar-refractivity contribution in [2.75, 3.05) is 19.6 Å². The van der Waals surface area contributed by atoms with Crippen LogP contribution in [0.4, 0.5) is 0 Å². The maximum Gasteiger partial charge on any atom is 0.252 e. The van der Waals surface area contributed by atoms with Crippen LogP contribution in [0.3, 0.4) is 0 Å². The number of sulfonamides is 1. The molecule has 0 spiro atoms. The minimum atomic E-state index is -3.69. The van der Waals surface area contributed by atoms with Gasteiger partial charge in [-0.2, -0.15) is 4.31 Å². The van der Waals surface area contributed by atoms with E-state index in [4.69, 9.17) is 16.6 Å². The molecule has 1 aliphatic rings. The number of aromatic nitrogens is 2. The lowest BCUT2D eigenvalue weighted by atomic mass is 10.0. The molecule has 196 valence electrons. The predicted octanol–water partition coefficient (Wildman–Crippen LogP) is 5.34. The molecule has 1 aliphatic heterocycles. The van der Waals surface area contributed by atoms with Crippen LogP contribution in [0.25, 0.3) is 22.3 Å². The molecule has 2 aromatic carbocycles. The van der Waals surface area contributed by atoms with Crippen LogP contribution in [0.15, 0.2) is 77.8 Å². The Morgan fingerprint density at radius 1 is 1.03 bits per heavy atom. The van der Waals surface area contributed by atoms with Crippen molar-refractivity contribution in [3.8, 4) is 11.4 Å². The van der Waals surface area contributed by atoms with Crippen LogP contribution in [0.2, 0.25) is 5.02 Å². The fourth-order valence-electron chi connectivity index (χ4n) is 4.64. The summed E-state index contributed by atoms with van der Waals surface area (Å²) >= 11 is 5.97. The highest BCUT2D eigenvalue weighted by Gasteiger charge is 2.29. The maximum atomic E-state index is 13.4. The van der Waals surface area contributed by atoms with Gasteiger partial charge in [0.25, 0.3) is 5.91 Å². The van der Waals surface area contributed by atoms with Crippen LogP contribution in [-0.2, 0) is 16.4 Å². The summed E-state index contributed by atoms with van der Waals surface area (Å²) in [6.45, 7) is 3.54. The second-order valence-electron chi connectivity index (χ2n) is 9.67. The fourth-order valence-corrected chi connectivity index (χ4v) is 6.26. The van der Waals surface area contributed by atoms with Gasteiger partial charge in [0.1, 0.15) is 0 Å². The normalized spacial score (nSPS) is 15.0. The summed E-state index contributed by atoms with van der Waals surface area (Å²) in [5.41, 5.74) is 3.11. The summed E-state index contributed by atoms with van der Waals surface area (Å²) in [5, 5.41) is 4.13. The predicted molar refractivity (Wildman–Crippen MR) is 150 cm³/mol. The molecule has 38 heavy (non-hydrogen) atoms. The van der Waals surface area contributed by atoms with E-state index in [0.717, 1.165) is 18.4 Å². The molecule has 5 rings (SSSR count).